The topological polar surface area (TPSA) is 54.1 Å². The fraction of sp³-hybridized carbons (Fsp3) is 0.649. The zero-order chi connectivity index (χ0) is 30.9. The Kier molecular flexibility index (Phi) is 12.3. The van der Waals surface area contributed by atoms with Crippen molar-refractivity contribution in [2.45, 2.75) is 117 Å². The molecule has 5 nitrogen and oxygen atoms in total. The SMILES string of the molecule is C1CCNC1.COC1(c2ccc(SC)cc2)OC12CCCCC2.CSc1ccc(C(=O)C2(N3CCCC3)CCCCC2)cc1. The van der Waals surface area contributed by atoms with E-state index in [1.807, 2.05) is 12.1 Å². The zero-order valence-corrected chi connectivity index (χ0v) is 29.0. The first-order valence-corrected chi connectivity index (χ1v) is 19.5. The van der Waals surface area contributed by atoms with E-state index >= 15 is 0 Å². The molecule has 1 unspecified atom stereocenters. The molecule has 2 aromatic carbocycles. The van der Waals surface area contributed by atoms with Crippen LogP contribution in [0.3, 0.4) is 0 Å². The maximum absolute atomic E-state index is 13.3. The summed E-state index contributed by atoms with van der Waals surface area (Å²) in [7, 11) is 1.77. The minimum absolute atomic E-state index is 0.0408. The van der Waals surface area contributed by atoms with E-state index in [2.05, 4.69) is 59.1 Å². The van der Waals surface area contributed by atoms with Crippen LogP contribution in [-0.4, -0.2) is 67.6 Å². The summed E-state index contributed by atoms with van der Waals surface area (Å²) in [4.78, 5) is 18.3. The number of epoxide rings is 1. The molecule has 3 saturated heterocycles. The maximum atomic E-state index is 13.3. The lowest BCUT2D eigenvalue weighted by atomic mass is 9.75. The predicted molar refractivity (Wildman–Crippen MR) is 185 cm³/mol. The van der Waals surface area contributed by atoms with Crippen molar-refractivity contribution in [1.82, 2.24) is 10.2 Å². The minimum Gasteiger partial charge on any atom is -0.347 e. The summed E-state index contributed by atoms with van der Waals surface area (Å²) in [5, 5.41) is 3.22. The van der Waals surface area contributed by atoms with Crippen LogP contribution in [-0.2, 0) is 15.3 Å². The number of hydrogen-bond donors (Lipinski definition) is 1. The monoisotopic (exact) mass is 638 g/mol. The molecule has 242 valence electrons. The van der Waals surface area contributed by atoms with Gasteiger partial charge in [0.1, 0.15) is 5.60 Å². The number of Topliss-reactive ketones (excluding diaryl/α,β-unsaturated/α-hetero) is 1. The third-order valence-electron chi connectivity index (χ3n) is 10.4. The molecule has 2 aromatic rings. The molecule has 7 heteroatoms. The van der Waals surface area contributed by atoms with Gasteiger partial charge in [0.15, 0.2) is 5.78 Å². The number of benzene rings is 2. The lowest BCUT2D eigenvalue weighted by molar-refractivity contribution is -0.0154. The molecule has 1 N–H and O–H groups in total. The fourth-order valence-corrected chi connectivity index (χ4v) is 8.70. The van der Waals surface area contributed by atoms with Gasteiger partial charge in [-0.25, -0.2) is 0 Å². The van der Waals surface area contributed by atoms with E-state index in [0.29, 0.717) is 5.78 Å². The Morgan fingerprint density at radius 3 is 1.73 bits per heavy atom. The standard InChI is InChI=1S/C18H25NOS.C15H20O2S.C4H9N/c1-21-16-9-7-15(8-10-16)17(20)18(11-3-2-4-12-18)19-13-5-6-14-19;1-16-15(12-6-8-13(18-2)9-7-12)14(17-15)10-4-3-5-11-14;1-2-4-5-3-1/h7-10H,2-6,11-14H2,1H3;6-9H,3-5,10-11H2,1-2H3;5H,1-4H2. The van der Waals surface area contributed by atoms with Crippen LogP contribution >= 0.6 is 23.5 Å². The first-order chi connectivity index (χ1) is 21.5. The van der Waals surface area contributed by atoms with Gasteiger partial charge < -0.3 is 14.8 Å². The predicted octanol–water partition coefficient (Wildman–Crippen LogP) is 8.70. The number of ether oxygens (including phenoxy) is 2. The van der Waals surface area contributed by atoms with Gasteiger partial charge in [-0.1, -0.05) is 62.8 Å². The summed E-state index contributed by atoms with van der Waals surface area (Å²) < 4.78 is 11.9. The van der Waals surface area contributed by atoms with Gasteiger partial charge in [0.2, 0.25) is 5.79 Å². The van der Waals surface area contributed by atoms with Crippen LogP contribution in [0.4, 0.5) is 0 Å². The number of hydrogen-bond acceptors (Lipinski definition) is 7. The lowest BCUT2D eigenvalue weighted by Crippen LogP contribution is -2.54. The third-order valence-corrected chi connectivity index (χ3v) is 11.9. The second kappa shape index (κ2) is 16.0. The first-order valence-electron chi connectivity index (χ1n) is 17.1. The molecule has 7 rings (SSSR count). The molecular formula is C37H54N2O3S2. The highest BCUT2D eigenvalue weighted by Crippen LogP contribution is 2.62. The van der Waals surface area contributed by atoms with Gasteiger partial charge in [-0.2, -0.15) is 0 Å². The number of ketones is 1. The number of methoxy groups -OCH3 is 1. The van der Waals surface area contributed by atoms with Crippen LogP contribution in [0.1, 0.15) is 106 Å². The Balaban J connectivity index is 0.000000152. The van der Waals surface area contributed by atoms with Crippen molar-refractivity contribution < 1.29 is 14.3 Å². The number of carbonyl (C=O) groups is 1. The molecule has 2 aliphatic carbocycles. The molecule has 1 spiro atoms. The van der Waals surface area contributed by atoms with E-state index in [0.717, 1.165) is 44.3 Å². The molecule has 0 radical (unpaired) electrons. The van der Waals surface area contributed by atoms with Crippen molar-refractivity contribution in [2.24, 2.45) is 0 Å². The van der Waals surface area contributed by atoms with Crippen molar-refractivity contribution in [3.63, 3.8) is 0 Å². The number of likely N-dealkylation sites (tertiary alicyclic amines) is 1. The number of thioether (sulfide) groups is 2. The molecule has 3 heterocycles. The molecule has 2 saturated carbocycles. The Labute approximate surface area is 275 Å². The van der Waals surface area contributed by atoms with Crippen LogP contribution in [0.2, 0.25) is 0 Å². The van der Waals surface area contributed by atoms with Crippen LogP contribution < -0.4 is 5.32 Å². The first kappa shape index (κ1) is 34.0. The molecule has 3 aliphatic heterocycles. The van der Waals surface area contributed by atoms with E-state index < -0.39 is 5.79 Å². The van der Waals surface area contributed by atoms with Crippen LogP contribution in [0.5, 0.6) is 0 Å². The van der Waals surface area contributed by atoms with Gasteiger partial charge in [-0.3, -0.25) is 9.69 Å². The second-order valence-corrected chi connectivity index (χ2v) is 14.8. The van der Waals surface area contributed by atoms with Crippen molar-refractivity contribution in [2.75, 3.05) is 45.8 Å². The molecular weight excluding hydrogens is 585 g/mol. The highest BCUT2D eigenvalue weighted by atomic mass is 32.2. The third kappa shape index (κ3) is 7.44. The maximum Gasteiger partial charge on any atom is 0.225 e. The summed E-state index contributed by atoms with van der Waals surface area (Å²) in [5.41, 5.74) is 1.84. The van der Waals surface area contributed by atoms with Gasteiger partial charge in [-0.05, 0) is 114 Å². The number of rotatable bonds is 7. The van der Waals surface area contributed by atoms with Crippen molar-refractivity contribution in [3.05, 3.63) is 59.7 Å². The van der Waals surface area contributed by atoms with Gasteiger partial charge >= 0.3 is 0 Å². The summed E-state index contributed by atoms with van der Waals surface area (Å²) >= 11 is 3.49. The molecule has 0 aromatic heterocycles. The number of nitrogens with zero attached hydrogens (tertiary/aromatic N) is 1. The smallest absolute Gasteiger partial charge is 0.225 e. The quantitative estimate of drug-likeness (QED) is 0.185. The minimum atomic E-state index is -0.468. The Morgan fingerprint density at radius 2 is 1.25 bits per heavy atom. The molecule has 0 bridgehead atoms. The van der Waals surface area contributed by atoms with Gasteiger partial charge in [0, 0.05) is 28.0 Å². The zero-order valence-electron chi connectivity index (χ0n) is 27.3. The Morgan fingerprint density at radius 1 is 0.727 bits per heavy atom. The summed E-state index contributed by atoms with van der Waals surface area (Å²) in [6, 6.07) is 16.8. The van der Waals surface area contributed by atoms with E-state index in [1.165, 1.54) is 92.7 Å². The number of carbonyl (C=O) groups excluding carboxylic acids is 1. The molecule has 44 heavy (non-hydrogen) atoms. The van der Waals surface area contributed by atoms with Gasteiger partial charge in [-0.15, -0.1) is 23.5 Å². The largest absolute Gasteiger partial charge is 0.347 e. The van der Waals surface area contributed by atoms with E-state index in [1.54, 1.807) is 30.6 Å². The summed E-state index contributed by atoms with van der Waals surface area (Å²) in [5.74, 6) is -0.0959. The van der Waals surface area contributed by atoms with Crippen LogP contribution in [0, 0.1) is 0 Å². The Bertz CT molecular complexity index is 1160. The van der Waals surface area contributed by atoms with Gasteiger partial charge in [0.05, 0.1) is 5.54 Å². The van der Waals surface area contributed by atoms with E-state index in [4.69, 9.17) is 9.47 Å². The highest BCUT2D eigenvalue weighted by Gasteiger charge is 2.71. The highest BCUT2D eigenvalue weighted by molar-refractivity contribution is 7.98. The lowest BCUT2D eigenvalue weighted by Gasteiger charge is -2.43. The van der Waals surface area contributed by atoms with E-state index in [9.17, 15) is 4.79 Å². The van der Waals surface area contributed by atoms with Crippen molar-refractivity contribution in [1.29, 1.82) is 0 Å². The average Bonchev–Trinajstić information content (AvgIpc) is 3.61. The van der Waals surface area contributed by atoms with Crippen molar-refractivity contribution in [3.8, 4) is 0 Å². The second-order valence-electron chi connectivity index (χ2n) is 13.0. The van der Waals surface area contributed by atoms with E-state index in [-0.39, 0.29) is 11.1 Å². The van der Waals surface area contributed by atoms with Crippen molar-refractivity contribution >= 4 is 29.3 Å². The number of nitrogens with one attached hydrogen (secondary N) is 1. The Hall–Kier alpha value is -1.35. The molecule has 5 fully saturated rings. The van der Waals surface area contributed by atoms with Crippen LogP contribution in [0.15, 0.2) is 58.3 Å². The summed E-state index contributed by atoms with van der Waals surface area (Å²) in [6.07, 6.45) is 21.3. The fourth-order valence-electron chi connectivity index (χ4n) is 7.89. The average molecular weight is 639 g/mol. The molecule has 0 amide bonds. The molecule has 5 aliphatic rings. The normalized spacial score (nSPS) is 25.4. The van der Waals surface area contributed by atoms with Crippen LogP contribution in [0.25, 0.3) is 0 Å². The molecule has 1 atom stereocenters. The summed E-state index contributed by atoms with van der Waals surface area (Å²) in [6.45, 7) is 4.71. The van der Waals surface area contributed by atoms with Gasteiger partial charge in [0.25, 0.3) is 0 Å².